The van der Waals surface area contributed by atoms with E-state index in [1.54, 1.807) is 37.9 Å². The Kier molecular flexibility index (Phi) is 7.05. The van der Waals surface area contributed by atoms with Crippen LogP contribution in [-0.2, 0) is 10.9 Å². The standard InChI is InChI=1S/C25H31F3N2O4/c1-15(2)16-11-20(19-9-8-17(12-21(19)31)25(26,27)28)22(32)30(13-16)18-7-6-10-29(14-18)23(33)34-24(3,4)5/h8-9,11-13,15,18,31H,6-7,10,14H2,1-5H3. The molecule has 1 aromatic heterocycles. The number of alkyl halides is 3. The van der Waals surface area contributed by atoms with Crippen LogP contribution in [0, 0.1) is 0 Å². The van der Waals surface area contributed by atoms with Crippen molar-refractivity contribution in [1.82, 2.24) is 9.47 Å². The molecule has 0 spiro atoms. The predicted octanol–water partition coefficient (Wildman–Crippen LogP) is 5.94. The minimum atomic E-state index is -4.61. The summed E-state index contributed by atoms with van der Waals surface area (Å²) in [6.45, 7) is 10.0. The molecule has 1 unspecified atom stereocenters. The number of phenolic OH excluding ortho intramolecular Hbond substituents is 1. The van der Waals surface area contributed by atoms with E-state index in [0.29, 0.717) is 25.5 Å². The van der Waals surface area contributed by atoms with Gasteiger partial charge in [0.25, 0.3) is 5.56 Å². The lowest BCUT2D eigenvalue weighted by Gasteiger charge is -2.35. The van der Waals surface area contributed by atoms with Crippen LogP contribution in [0.4, 0.5) is 18.0 Å². The molecule has 1 atom stereocenters. The van der Waals surface area contributed by atoms with Crippen molar-refractivity contribution >= 4 is 6.09 Å². The van der Waals surface area contributed by atoms with Crippen molar-refractivity contribution in [2.24, 2.45) is 0 Å². The number of benzene rings is 1. The molecule has 2 aromatic rings. The van der Waals surface area contributed by atoms with E-state index in [-0.39, 0.29) is 29.6 Å². The van der Waals surface area contributed by atoms with Gasteiger partial charge >= 0.3 is 12.3 Å². The van der Waals surface area contributed by atoms with Gasteiger partial charge in [-0.1, -0.05) is 13.8 Å². The van der Waals surface area contributed by atoms with Crippen molar-refractivity contribution in [3.05, 3.63) is 51.9 Å². The van der Waals surface area contributed by atoms with Crippen molar-refractivity contribution in [3.8, 4) is 16.9 Å². The van der Waals surface area contributed by atoms with Crippen LogP contribution in [0.1, 0.15) is 70.5 Å². The Morgan fingerprint density at radius 1 is 1.15 bits per heavy atom. The van der Waals surface area contributed by atoms with E-state index in [2.05, 4.69) is 0 Å². The largest absolute Gasteiger partial charge is 0.507 e. The van der Waals surface area contributed by atoms with Crippen LogP contribution in [0.25, 0.3) is 11.1 Å². The normalized spacial score (nSPS) is 17.2. The number of nitrogens with zero attached hydrogens (tertiary/aromatic N) is 2. The average Bonchev–Trinajstić information content (AvgIpc) is 2.72. The first kappa shape index (κ1) is 25.6. The minimum Gasteiger partial charge on any atom is -0.507 e. The van der Waals surface area contributed by atoms with Crippen LogP contribution >= 0.6 is 0 Å². The lowest BCUT2D eigenvalue weighted by Crippen LogP contribution is -2.45. The second-order valence-electron chi connectivity index (χ2n) is 10.0. The molecule has 3 rings (SSSR count). The Bertz CT molecular complexity index is 1120. The molecule has 1 amide bonds. The van der Waals surface area contributed by atoms with E-state index >= 15 is 0 Å². The van der Waals surface area contributed by atoms with E-state index in [0.717, 1.165) is 17.7 Å². The third-order valence-corrected chi connectivity index (χ3v) is 5.79. The van der Waals surface area contributed by atoms with Crippen LogP contribution in [0.3, 0.4) is 0 Å². The fourth-order valence-corrected chi connectivity index (χ4v) is 4.01. The molecule has 1 saturated heterocycles. The minimum absolute atomic E-state index is 0.0211. The number of amides is 1. The predicted molar refractivity (Wildman–Crippen MR) is 123 cm³/mol. The summed E-state index contributed by atoms with van der Waals surface area (Å²) < 4.78 is 46.1. The van der Waals surface area contributed by atoms with Crippen molar-refractivity contribution in [3.63, 3.8) is 0 Å². The van der Waals surface area contributed by atoms with Gasteiger partial charge in [-0.2, -0.15) is 13.2 Å². The number of pyridine rings is 1. The molecule has 1 aromatic carbocycles. The molecule has 2 heterocycles. The summed E-state index contributed by atoms with van der Waals surface area (Å²) in [5, 5.41) is 10.4. The molecular weight excluding hydrogens is 449 g/mol. The maximum absolute atomic E-state index is 13.5. The number of piperidine rings is 1. The zero-order valence-electron chi connectivity index (χ0n) is 20.1. The van der Waals surface area contributed by atoms with Gasteiger partial charge in [-0.05, 0) is 69.4 Å². The van der Waals surface area contributed by atoms with E-state index in [1.807, 2.05) is 13.8 Å². The first-order valence-corrected chi connectivity index (χ1v) is 11.3. The Balaban J connectivity index is 2.03. The third kappa shape index (κ3) is 5.74. The van der Waals surface area contributed by atoms with Gasteiger partial charge in [0.1, 0.15) is 11.4 Å². The van der Waals surface area contributed by atoms with Gasteiger partial charge in [0.05, 0.1) is 17.2 Å². The van der Waals surface area contributed by atoms with Crippen LogP contribution in [0.15, 0.2) is 35.3 Å². The number of aromatic nitrogens is 1. The van der Waals surface area contributed by atoms with Crippen LogP contribution in [0.5, 0.6) is 5.75 Å². The summed E-state index contributed by atoms with van der Waals surface area (Å²) in [6, 6.07) is 3.89. The highest BCUT2D eigenvalue weighted by Gasteiger charge is 2.32. The van der Waals surface area contributed by atoms with Crippen molar-refractivity contribution in [1.29, 1.82) is 0 Å². The highest BCUT2D eigenvalue weighted by molar-refractivity contribution is 5.71. The molecule has 6 nitrogen and oxygen atoms in total. The molecule has 34 heavy (non-hydrogen) atoms. The third-order valence-electron chi connectivity index (χ3n) is 5.79. The van der Waals surface area contributed by atoms with Crippen molar-refractivity contribution in [2.75, 3.05) is 13.1 Å². The Morgan fingerprint density at radius 2 is 1.82 bits per heavy atom. The molecule has 1 aliphatic rings. The summed E-state index contributed by atoms with van der Waals surface area (Å²) in [5.41, 5.74) is -1.12. The van der Waals surface area contributed by atoms with Crippen molar-refractivity contribution < 1.29 is 27.8 Å². The Labute approximate surface area is 197 Å². The Hall–Kier alpha value is -2.97. The molecular formula is C25H31F3N2O4. The smallest absolute Gasteiger partial charge is 0.416 e. The van der Waals surface area contributed by atoms with Gasteiger partial charge in [0.15, 0.2) is 0 Å². The molecule has 1 N–H and O–H groups in total. The van der Waals surface area contributed by atoms with Gasteiger partial charge in [-0.3, -0.25) is 4.79 Å². The molecule has 1 aliphatic heterocycles. The number of carbonyl (C=O) groups is 1. The number of hydrogen-bond acceptors (Lipinski definition) is 4. The fraction of sp³-hybridized carbons (Fsp3) is 0.520. The second-order valence-corrected chi connectivity index (χ2v) is 10.0. The first-order valence-electron chi connectivity index (χ1n) is 11.3. The zero-order valence-corrected chi connectivity index (χ0v) is 20.1. The van der Waals surface area contributed by atoms with Gasteiger partial charge in [0, 0.05) is 24.8 Å². The highest BCUT2D eigenvalue weighted by atomic mass is 19.4. The average molecular weight is 481 g/mol. The van der Waals surface area contributed by atoms with Crippen LogP contribution in [0.2, 0.25) is 0 Å². The van der Waals surface area contributed by atoms with E-state index in [9.17, 15) is 27.9 Å². The molecule has 0 radical (unpaired) electrons. The summed E-state index contributed by atoms with van der Waals surface area (Å²) in [4.78, 5) is 27.6. The van der Waals surface area contributed by atoms with Gasteiger partial charge < -0.3 is 19.3 Å². The number of carbonyl (C=O) groups excluding carboxylic acids is 1. The number of hydrogen-bond donors (Lipinski definition) is 1. The summed E-state index contributed by atoms with van der Waals surface area (Å²) in [5.74, 6) is -0.592. The van der Waals surface area contributed by atoms with Crippen LogP contribution in [-0.4, -0.2) is 39.4 Å². The number of ether oxygens (including phenoxy) is 1. The number of halogens is 3. The van der Waals surface area contributed by atoms with Crippen LogP contribution < -0.4 is 5.56 Å². The SMILES string of the molecule is CC(C)c1cc(-c2ccc(C(F)(F)F)cc2O)c(=O)n(C2CCCN(C(=O)OC(C)(C)C)C2)c1. The van der Waals surface area contributed by atoms with E-state index in [1.165, 1.54) is 4.57 Å². The second kappa shape index (κ2) is 9.35. The van der Waals surface area contributed by atoms with Gasteiger partial charge in [-0.15, -0.1) is 0 Å². The molecule has 0 saturated carbocycles. The molecule has 9 heteroatoms. The van der Waals surface area contributed by atoms with Gasteiger partial charge in [-0.25, -0.2) is 4.79 Å². The lowest BCUT2D eigenvalue weighted by atomic mass is 9.97. The summed E-state index contributed by atoms with van der Waals surface area (Å²) in [6.07, 6.45) is -2.00. The number of phenols is 1. The highest BCUT2D eigenvalue weighted by Crippen LogP contribution is 2.36. The number of likely N-dealkylation sites (tertiary alicyclic amines) is 1. The molecule has 1 fully saturated rings. The number of aromatic hydroxyl groups is 1. The first-order chi connectivity index (χ1) is 15.7. The molecule has 0 bridgehead atoms. The summed E-state index contributed by atoms with van der Waals surface area (Å²) in [7, 11) is 0. The quantitative estimate of drug-likeness (QED) is 0.591. The molecule has 186 valence electrons. The number of rotatable bonds is 3. The monoisotopic (exact) mass is 480 g/mol. The maximum Gasteiger partial charge on any atom is 0.416 e. The maximum atomic E-state index is 13.5. The topological polar surface area (TPSA) is 71.8 Å². The van der Waals surface area contributed by atoms with E-state index < -0.39 is 34.7 Å². The van der Waals surface area contributed by atoms with Crippen molar-refractivity contribution in [2.45, 2.75) is 71.2 Å². The lowest BCUT2D eigenvalue weighted by molar-refractivity contribution is -0.137. The summed E-state index contributed by atoms with van der Waals surface area (Å²) >= 11 is 0. The fourth-order valence-electron chi connectivity index (χ4n) is 4.01. The molecule has 0 aliphatic carbocycles. The van der Waals surface area contributed by atoms with Gasteiger partial charge in [0.2, 0.25) is 0 Å². The Morgan fingerprint density at radius 3 is 2.38 bits per heavy atom. The zero-order chi connectivity index (χ0) is 25.4. The van der Waals surface area contributed by atoms with E-state index in [4.69, 9.17) is 4.74 Å².